The second-order valence-electron chi connectivity index (χ2n) is 5.03. The molecule has 1 aliphatic rings. The third-order valence-corrected chi connectivity index (χ3v) is 5.12. The molecule has 9 heteroatoms. The maximum atomic E-state index is 12.4. The van der Waals surface area contributed by atoms with E-state index in [1.807, 2.05) is 13.0 Å². The molecule has 1 heterocycles. The summed E-state index contributed by atoms with van der Waals surface area (Å²) < 4.78 is 69.6. The van der Waals surface area contributed by atoms with Gasteiger partial charge in [0.1, 0.15) is 5.75 Å². The molecule has 0 amide bonds. The first-order valence-corrected chi connectivity index (χ1v) is 8.92. The minimum absolute atomic E-state index is 0.149. The Bertz CT molecular complexity index is 726. The zero-order valence-corrected chi connectivity index (χ0v) is 14.5. The molecule has 0 unspecified atom stereocenters. The molecule has 0 N–H and O–H groups in total. The van der Waals surface area contributed by atoms with E-state index in [4.69, 9.17) is 4.74 Å². The van der Waals surface area contributed by atoms with Gasteiger partial charge in [0.2, 0.25) is 0 Å². The smallest absolute Gasteiger partial charge is 0.493 e. The second-order valence-corrected chi connectivity index (χ2v) is 7.36. The van der Waals surface area contributed by atoms with Crippen molar-refractivity contribution in [2.24, 2.45) is 0 Å². The second kappa shape index (κ2) is 6.72. The molecule has 1 aliphatic heterocycles. The van der Waals surface area contributed by atoms with Gasteiger partial charge < -0.3 is 8.92 Å². The highest BCUT2D eigenvalue weighted by atomic mass is 79.9. The van der Waals surface area contributed by atoms with Gasteiger partial charge in [-0.3, -0.25) is 0 Å². The molecule has 1 aromatic rings. The van der Waals surface area contributed by atoms with Crippen LogP contribution >= 0.6 is 15.9 Å². The number of fused-ring (bicyclic) bond motifs is 1. The van der Waals surface area contributed by atoms with E-state index in [0.29, 0.717) is 30.8 Å². The van der Waals surface area contributed by atoms with E-state index in [0.717, 1.165) is 18.1 Å². The van der Waals surface area contributed by atoms with Crippen molar-refractivity contribution in [3.8, 4) is 11.5 Å². The lowest BCUT2D eigenvalue weighted by molar-refractivity contribution is -0.0500. The Balaban J connectivity index is 2.37. The van der Waals surface area contributed by atoms with Gasteiger partial charge in [0, 0.05) is 12.0 Å². The Morgan fingerprint density at radius 3 is 2.61 bits per heavy atom. The Morgan fingerprint density at radius 1 is 1.26 bits per heavy atom. The molecule has 4 nitrogen and oxygen atoms in total. The molecule has 1 aromatic carbocycles. The molecule has 0 aliphatic carbocycles. The number of halogens is 4. The summed E-state index contributed by atoms with van der Waals surface area (Å²) in [6.07, 6.45) is 3.91. The average Bonchev–Trinajstić information content (AvgIpc) is 2.51. The van der Waals surface area contributed by atoms with Gasteiger partial charge in [0.15, 0.2) is 5.75 Å². The van der Waals surface area contributed by atoms with Crippen LogP contribution in [0.1, 0.15) is 25.3 Å². The Kier molecular flexibility index (Phi) is 5.30. The van der Waals surface area contributed by atoms with E-state index in [1.54, 1.807) is 0 Å². The first-order chi connectivity index (χ1) is 10.6. The number of alkyl halides is 3. The number of allylic oxidation sites excluding steroid dienone is 1. The van der Waals surface area contributed by atoms with E-state index in [2.05, 4.69) is 20.1 Å². The molecular formula is C14H14BrF3O4S. The molecule has 0 radical (unpaired) electrons. The van der Waals surface area contributed by atoms with Crippen LogP contribution in [0.5, 0.6) is 11.5 Å². The van der Waals surface area contributed by atoms with Crippen molar-refractivity contribution in [3.63, 3.8) is 0 Å². The van der Waals surface area contributed by atoms with Crippen LogP contribution in [0.25, 0.3) is 0 Å². The standard InChI is InChI=1S/C14H14BrF3O4S/c1-9-3-2-4-10-11(21-8-7-9)5-6-12(13(10)15)22-23(19,20)14(16,17)18/h3,5-6H,2,4,7-8H2,1H3. The Hall–Kier alpha value is -1.22. The van der Waals surface area contributed by atoms with Crippen molar-refractivity contribution in [3.05, 3.63) is 33.8 Å². The molecule has 128 valence electrons. The van der Waals surface area contributed by atoms with Crippen LogP contribution in [0.2, 0.25) is 0 Å². The molecule has 2 rings (SSSR count). The van der Waals surface area contributed by atoms with Gasteiger partial charge in [0.25, 0.3) is 0 Å². The molecule has 0 bridgehead atoms. The lowest BCUT2D eigenvalue weighted by Crippen LogP contribution is -2.28. The minimum Gasteiger partial charge on any atom is -0.493 e. The molecule has 0 aromatic heterocycles. The van der Waals surface area contributed by atoms with E-state index in [1.165, 1.54) is 6.07 Å². The number of benzene rings is 1. The molecular weight excluding hydrogens is 401 g/mol. The maximum Gasteiger partial charge on any atom is 0.534 e. The van der Waals surface area contributed by atoms with Crippen molar-refractivity contribution >= 4 is 26.0 Å². The summed E-state index contributed by atoms with van der Waals surface area (Å²) in [5.41, 5.74) is -3.75. The van der Waals surface area contributed by atoms with Crippen molar-refractivity contribution in [2.75, 3.05) is 6.61 Å². The molecule has 0 spiro atoms. The van der Waals surface area contributed by atoms with Gasteiger partial charge in [-0.15, -0.1) is 0 Å². The lowest BCUT2D eigenvalue weighted by Gasteiger charge is -2.16. The number of hydrogen-bond acceptors (Lipinski definition) is 4. The highest BCUT2D eigenvalue weighted by molar-refractivity contribution is 9.10. The highest BCUT2D eigenvalue weighted by Gasteiger charge is 2.48. The molecule has 0 saturated heterocycles. The van der Waals surface area contributed by atoms with Crippen molar-refractivity contribution in [1.82, 2.24) is 0 Å². The fourth-order valence-corrected chi connectivity index (χ4v) is 3.25. The van der Waals surface area contributed by atoms with Crippen LogP contribution in [0.3, 0.4) is 0 Å². The van der Waals surface area contributed by atoms with E-state index < -0.39 is 21.4 Å². The summed E-state index contributed by atoms with van der Waals surface area (Å²) >= 11 is 3.13. The third kappa shape index (κ3) is 4.20. The zero-order valence-electron chi connectivity index (χ0n) is 12.1. The first kappa shape index (κ1) is 18.1. The van der Waals surface area contributed by atoms with E-state index in [9.17, 15) is 21.6 Å². The third-order valence-electron chi connectivity index (χ3n) is 3.29. The summed E-state index contributed by atoms with van der Waals surface area (Å²) in [6, 6.07) is 2.56. The fourth-order valence-electron chi connectivity index (χ4n) is 2.07. The first-order valence-electron chi connectivity index (χ1n) is 6.72. The zero-order chi connectivity index (χ0) is 17.3. The predicted octanol–water partition coefficient (Wildman–Crippen LogP) is 4.34. The molecule has 0 fully saturated rings. The Morgan fingerprint density at radius 2 is 1.96 bits per heavy atom. The maximum absolute atomic E-state index is 12.4. The molecule has 23 heavy (non-hydrogen) atoms. The van der Waals surface area contributed by atoms with Crippen LogP contribution in [0, 0.1) is 0 Å². The van der Waals surface area contributed by atoms with Crippen LogP contribution in [-0.2, 0) is 16.5 Å². The monoisotopic (exact) mass is 414 g/mol. The van der Waals surface area contributed by atoms with Crippen molar-refractivity contribution < 1.29 is 30.5 Å². The Labute approximate surface area is 140 Å². The van der Waals surface area contributed by atoms with Gasteiger partial charge >= 0.3 is 15.6 Å². The van der Waals surface area contributed by atoms with Crippen molar-refractivity contribution in [1.29, 1.82) is 0 Å². The average molecular weight is 415 g/mol. The van der Waals surface area contributed by atoms with Crippen LogP contribution < -0.4 is 8.92 Å². The van der Waals surface area contributed by atoms with Crippen LogP contribution in [0.15, 0.2) is 28.3 Å². The summed E-state index contributed by atoms with van der Waals surface area (Å²) in [5.74, 6) is 0.0846. The predicted molar refractivity (Wildman–Crippen MR) is 81.9 cm³/mol. The number of hydrogen-bond donors (Lipinski definition) is 0. The van der Waals surface area contributed by atoms with Crippen LogP contribution in [-0.4, -0.2) is 20.5 Å². The highest BCUT2D eigenvalue weighted by Crippen LogP contribution is 2.39. The number of ether oxygens (including phenoxy) is 1. The van der Waals surface area contributed by atoms with E-state index >= 15 is 0 Å². The minimum atomic E-state index is -5.71. The van der Waals surface area contributed by atoms with Gasteiger partial charge in [-0.05, 0) is 47.8 Å². The van der Waals surface area contributed by atoms with E-state index in [-0.39, 0.29) is 4.47 Å². The molecule has 0 saturated carbocycles. The topological polar surface area (TPSA) is 52.6 Å². The summed E-state index contributed by atoms with van der Waals surface area (Å²) in [4.78, 5) is 0. The largest absolute Gasteiger partial charge is 0.534 e. The normalized spacial score (nSPS) is 16.3. The molecule has 0 atom stereocenters. The van der Waals surface area contributed by atoms with Gasteiger partial charge in [-0.25, -0.2) is 0 Å². The van der Waals surface area contributed by atoms with Crippen molar-refractivity contribution in [2.45, 2.75) is 31.7 Å². The lowest BCUT2D eigenvalue weighted by atomic mass is 10.1. The summed E-state index contributed by atoms with van der Waals surface area (Å²) in [7, 11) is -5.71. The van der Waals surface area contributed by atoms with Gasteiger partial charge in [0.05, 0.1) is 11.1 Å². The van der Waals surface area contributed by atoms with Crippen LogP contribution in [0.4, 0.5) is 13.2 Å². The van der Waals surface area contributed by atoms with Gasteiger partial charge in [-0.2, -0.15) is 21.6 Å². The number of rotatable bonds is 2. The van der Waals surface area contributed by atoms with Gasteiger partial charge in [-0.1, -0.05) is 11.6 Å². The SMILES string of the molecule is CC1=CCCc2c(ccc(OS(=O)(=O)C(F)(F)F)c2Br)OCC1. The summed E-state index contributed by atoms with van der Waals surface area (Å²) in [6.45, 7) is 2.40. The quantitative estimate of drug-likeness (QED) is 0.410. The summed E-state index contributed by atoms with van der Waals surface area (Å²) in [5, 5.41) is 0. The fraction of sp³-hybridized carbons (Fsp3) is 0.429.